The molecule has 0 radical (unpaired) electrons. The first-order valence-corrected chi connectivity index (χ1v) is 10.3. The highest BCUT2D eigenvalue weighted by atomic mass is 32.2. The molecule has 0 bridgehead atoms. The van der Waals surface area contributed by atoms with Crippen LogP contribution in [0, 0.1) is 0 Å². The van der Waals surface area contributed by atoms with Crippen LogP contribution in [-0.4, -0.2) is 11.7 Å². The van der Waals surface area contributed by atoms with Crippen molar-refractivity contribution < 1.29 is 9.53 Å². The lowest BCUT2D eigenvalue weighted by Crippen LogP contribution is -2.14. The minimum atomic E-state index is -0.375. The van der Waals surface area contributed by atoms with Crippen LogP contribution in [0.2, 0.25) is 0 Å². The van der Waals surface area contributed by atoms with Crippen LogP contribution in [0.3, 0.4) is 0 Å². The summed E-state index contributed by atoms with van der Waals surface area (Å²) in [5.74, 6) is 0.118. The van der Waals surface area contributed by atoms with E-state index in [0.29, 0.717) is 5.75 Å². The Hall–Kier alpha value is -2.52. The van der Waals surface area contributed by atoms with Crippen LogP contribution < -0.4 is 0 Å². The zero-order valence-corrected chi connectivity index (χ0v) is 16.0. The number of hydrogen-bond acceptors (Lipinski definition) is 3. The van der Waals surface area contributed by atoms with E-state index in [-0.39, 0.29) is 12.1 Å². The molecular formula is C24H22O2S. The Labute approximate surface area is 164 Å². The SMILES string of the molecule is O=C(CSc1ccc2c(c1)CCC2)OC(c1ccccc1)c1ccccc1. The van der Waals surface area contributed by atoms with Crippen molar-refractivity contribution in [1.82, 2.24) is 0 Å². The van der Waals surface area contributed by atoms with E-state index in [9.17, 15) is 4.79 Å². The van der Waals surface area contributed by atoms with Gasteiger partial charge in [-0.25, -0.2) is 0 Å². The number of carbonyl (C=O) groups excluding carboxylic acids is 1. The topological polar surface area (TPSA) is 26.3 Å². The quantitative estimate of drug-likeness (QED) is 0.415. The summed E-state index contributed by atoms with van der Waals surface area (Å²) in [6, 6.07) is 26.4. The van der Waals surface area contributed by atoms with Gasteiger partial charge < -0.3 is 4.74 Å². The van der Waals surface area contributed by atoms with Crippen molar-refractivity contribution in [2.75, 3.05) is 5.75 Å². The van der Waals surface area contributed by atoms with Gasteiger partial charge in [0.1, 0.15) is 0 Å². The second-order valence-electron chi connectivity index (χ2n) is 6.76. The van der Waals surface area contributed by atoms with Gasteiger partial charge in [0.25, 0.3) is 0 Å². The normalized spacial score (nSPS) is 12.8. The molecule has 27 heavy (non-hydrogen) atoms. The molecule has 0 unspecified atom stereocenters. The molecule has 0 saturated carbocycles. The highest BCUT2D eigenvalue weighted by Gasteiger charge is 2.19. The highest BCUT2D eigenvalue weighted by molar-refractivity contribution is 8.00. The number of aryl methyl sites for hydroxylation is 2. The Kier molecular flexibility index (Phi) is 5.59. The van der Waals surface area contributed by atoms with E-state index in [1.165, 1.54) is 24.0 Å². The number of rotatable bonds is 6. The predicted molar refractivity (Wildman–Crippen MR) is 110 cm³/mol. The average molecular weight is 375 g/mol. The molecule has 2 nitrogen and oxygen atoms in total. The molecule has 0 spiro atoms. The number of fused-ring (bicyclic) bond motifs is 1. The molecule has 0 saturated heterocycles. The average Bonchev–Trinajstić information content (AvgIpc) is 3.20. The highest BCUT2D eigenvalue weighted by Crippen LogP contribution is 2.29. The van der Waals surface area contributed by atoms with Gasteiger partial charge in [0.05, 0.1) is 5.75 Å². The molecule has 1 aliphatic carbocycles. The van der Waals surface area contributed by atoms with Gasteiger partial charge in [-0.05, 0) is 53.6 Å². The van der Waals surface area contributed by atoms with Gasteiger partial charge >= 0.3 is 5.97 Å². The van der Waals surface area contributed by atoms with Gasteiger partial charge in [0.2, 0.25) is 0 Å². The second-order valence-corrected chi connectivity index (χ2v) is 7.81. The Morgan fingerprint density at radius 1 is 0.852 bits per heavy atom. The molecule has 0 aromatic heterocycles. The lowest BCUT2D eigenvalue weighted by Gasteiger charge is -2.19. The summed E-state index contributed by atoms with van der Waals surface area (Å²) in [5, 5.41) is 0. The number of ether oxygens (including phenoxy) is 1. The van der Waals surface area contributed by atoms with Crippen LogP contribution in [0.25, 0.3) is 0 Å². The molecular weight excluding hydrogens is 352 g/mol. The van der Waals surface area contributed by atoms with Gasteiger partial charge in [-0.1, -0.05) is 66.7 Å². The smallest absolute Gasteiger partial charge is 0.317 e. The van der Waals surface area contributed by atoms with E-state index >= 15 is 0 Å². The molecule has 3 heteroatoms. The summed E-state index contributed by atoms with van der Waals surface area (Å²) in [7, 11) is 0. The van der Waals surface area contributed by atoms with Crippen molar-refractivity contribution in [3.05, 3.63) is 101 Å². The van der Waals surface area contributed by atoms with Crippen molar-refractivity contribution in [3.63, 3.8) is 0 Å². The first-order valence-electron chi connectivity index (χ1n) is 9.33. The number of hydrogen-bond donors (Lipinski definition) is 0. The third-order valence-electron chi connectivity index (χ3n) is 4.88. The van der Waals surface area contributed by atoms with Gasteiger partial charge in [0, 0.05) is 4.90 Å². The fourth-order valence-corrected chi connectivity index (χ4v) is 4.27. The van der Waals surface area contributed by atoms with E-state index in [1.807, 2.05) is 60.7 Å². The molecule has 0 N–H and O–H groups in total. The fourth-order valence-electron chi connectivity index (χ4n) is 3.53. The van der Waals surface area contributed by atoms with Crippen LogP contribution in [0.5, 0.6) is 0 Å². The minimum absolute atomic E-state index is 0.196. The molecule has 1 aliphatic rings. The molecule has 136 valence electrons. The number of esters is 1. The summed E-state index contributed by atoms with van der Waals surface area (Å²) >= 11 is 1.55. The zero-order valence-electron chi connectivity index (χ0n) is 15.1. The third kappa shape index (κ3) is 4.42. The van der Waals surface area contributed by atoms with Crippen LogP contribution in [0.1, 0.15) is 34.8 Å². The Morgan fingerprint density at radius 2 is 1.48 bits per heavy atom. The molecule has 0 heterocycles. The molecule has 4 rings (SSSR count). The Morgan fingerprint density at radius 3 is 2.15 bits per heavy atom. The van der Waals surface area contributed by atoms with E-state index in [1.54, 1.807) is 11.8 Å². The summed E-state index contributed by atoms with van der Waals surface area (Å²) in [5.41, 5.74) is 4.86. The Bertz CT molecular complexity index is 867. The first-order chi connectivity index (χ1) is 13.3. The molecule has 0 atom stereocenters. The number of carbonyl (C=O) groups is 1. The monoisotopic (exact) mass is 374 g/mol. The number of benzene rings is 3. The maximum absolute atomic E-state index is 12.6. The largest absolute Gasteiger partial charge is 0.452 e. The van der Waals surface area contributed by atoms with E-state index in [2.05, 4.69) is 18.2 Å². The van der Waals surface area contributed by atoms with Crippen LogP contribution in [-0.2, 0) is 22.4 Å². The molecule has 0 aliphatic heterocycles. The van der Waals surface area contributed by atoms with Gasteiger partial charge in [-0.15, -0.1) is 11.8 Å². The third-order valence-corrected chi connectivity index (χ3v) is 5.85. The van der Waals surface area contributed by atoms with Crippen LogP contribution in [0.4, 0.5) is 0 Å². The lowest BCUT2D eigenvalue weighted by atomic mass is 10.0. The zero-order chi connectivity index (χ0) is 18.5. The van der Waals surface area contributed by atoms with Crippen molar-refractivity contribution in [2.24, 2.45) is 0 Å². The van der Waals surface area contributed by atoms with Gasteiger partial charge in [-0.2, -0.15) is 0 Å². The van der Waals surface area contributed by atoms with E-state index in [0.717, 1.165) is 22.4 Å². The van der Waals surface area contributed by atoms with E-state index < -0.39 is 0 Å². The number of thioether (sulfide) groups is 1. The Balaban J connectivity index is 1.44. The predicted octanol–water partition coefficient (Wildman–Crippen LogP) is 5.60. The van der Waals surface area contributed by atoms with Crippen LogP contribution in [0.15, 0.2) is 83.8 Å². The van der Waals surface area contributed by atoms with Crippen LogP contribution >= 0.6 is 11.8 Å². The molecule has 3 aromatic rings. The molecule has 0 fully saturated rings. The summed E-state index contributed by atoms with van der Waals surface area (Å²) < 4.78 is 5.88. The maximum atomic E-state index is 12.6. The summed E-state index contributed by atoms with van der Waals surface area (Å²) in [6.07, 6.45) is 3.19. The summed E-state index contributed by atoms with van der Waals surface area (Å²) in [6.45, 7) is 0. The van der Waals surface area contributed by atoms with Gasteiger partial charge in [-0.3, -0.25) is 4.79 Å². The first kappa shape index (κ1) is 17.9. The summed E-state index contributed by atoms with van der Waals surface area (Å²) in [4.78, 5) is 13.7. The molecule has 3 aromatic carbocycles. The van der Waals surface area contributed by atoms with Crippen molar-refractivity contribution in [1.29, 1.82) is 0 Å². The second kappa shape index (κ2) is 8.45. The van der Waals surface area contributed by atoms with Crippen molar-refractivity contribution in [2.45, 2.75) is 30.3 Å². The minimum Gasteiger partial charge on any atom is -0.452 e. The maximum Gasteiger partial charge on any atom is 0.317 e. The fraction of sp³-hybridized carbons (Fsp3) is 0.208. The lowest BCUT2D eigenvalue weighted by molar-refractivity contribution is -0.144. The van der Waals surface area contributed by atoms with Crippen molar-refractivity contribution >= 4 is 17.7 Å². The van der Waals surface area contributed by atoms with Crippen molar-refractivity contribution in [3.8, 4) is 0 Å². The standard InChI is InChI=1S/C24H22O2S/c25-23(17-27-22-15-14-18-12-7-13-21(18)16-22)26-24(19-8-3-1-4-9-19)20-10-5-2-6-11-20/h1-6,8-11,14-16,24H,7,12-13,17H2. The van der Waals surface area contributed by atoms with Gasteiger partial charge in [0.15, 0.2) is 6.10 Å². The van der Waals surface area contributed by atoms with E-state index in [4.69, 9.17) is 4.74 Å². The molecule has 0 amide bonds.